The van der Waals surface area contributed by atoms with E-state index in [-0.39, 0.29) is 25.0 Å². The highest BCUT2D eigenvalue weighted by atomic mass is 16.5. The molecule has 20 heavy (non-hydrogen) atoms. The van der Waals surface area contributed by atoms with Crippen molar-refractivity contribution in [1.29, 1.82) is 0 Å². The van der Waals surface area contributed by atoms with Crippen molar-refractivity contribution >= 4 is 17.8 Å². The second-order valence-corrected chi connectivity index (χ2v) is 5.24. The van der Waals surface area contributed by atoms with Crippen molar-refractivity contribution in [2.45, 2.75) is 38.3 Å². The Morgan fingerprint density at radius 1 is 1.45 bits per heavy atom. The molecule has 0 aromatic rings. The second-order valence-electron chi connectivity index (χ2n) is 5.24. The summed E-state index contributed by atoms with van der Waals surface area (Å²) in [4.78, 5) is 36.5. The molecule has 2 rings (SSSR count). The zero-order valence-corrected chi connectivity index (χ0v) is 11.5. The largest absolute Gasteiger partial charge is 0.481 e. The van der Waals surface area contributed by atoms with E-state index in [4.69, 9.17) is 4.74 Å². The van der Waals surface area contributed by atoms with Gasteiger partial charge in [-0.05, 0) is 12.8 Å². The van der Waals surface area contributed by atoms with Crippen LogP contribution in [0.15, 0.2) is 0 Å². The number of hydrogen-bond acceptors (Lipinski definition) is 4. The highest BCUT2D eigenvalue weighted by Crippen LogP contribution is 2.22. The van der Waals surface area contributed by atoms with E-state index in [9.17, 15) is 19.5 Å². The normalized spacial score (nSPS) is 29.2. The number of nitrogens with one attached hydrogen (secondary N) is 1. The lowest BCUT2D eigenvalue weighted by Gasteiger charge is -2.32. The average molecular weight is 284 g/mol. The van der Waals surface area contributed by atoms with E-state index in [1.807, 2.05) is 6.92 Å². The van der Waals surface area contributed by atoms with Crippen LogP contribution in [0.2, 0.25) is 0 Å². The Bertz CT molecular complexity index is 412. The molecule has 7 nitrogen and oxygen atoms in total. The van der Waals surface area contributed by atoms with Crippen molar-refractivity contribution in [3.8, 4) is 0 Å². The maximum atomic E-state index is 12.5. The number of ether oxygens (including phenoxy) is 1. The lowest BCUT2D eigenvalue weighted by atomic mass is 10.0. The number of hydrogen-bond donors (Lipinski definition) is 2. The van der Waals surface area contributed by atoms with Gasteiger partial charge in [0.2, 0.25) is 11.8 Å². The fourth-order valence-electron chi connectivity index (χ4n) is 2.77. The summed E-state index contributed by atoms with van der Waals surface area (Å²) in [6, 6.07) is -0.971. The molecule has 0 spiro atoms. The van der Waals surface area contributed by atoms with Gasteiger partial charge in [0.15, 0.2) is 0 Å². The van der Waals surface area contributed by atoms with Crippen molar-refractivity contribution in [1.82, 2.24) is 10.2 Å². The smallest absolute Gasteiger partial charge is 0.311 e. The van der Waals surface area contributed by atoms with Crippen LogP contribution in [0.1, 0.15) is 26.2 Å². The van der Waals surface area contributed by atoms with E-state index >= 15 is 0 Å². The van der Waals surface area contributed by atoms with Gasteiger partial charge < -0.3 is 20.1 Å². The van der Waals surface area contributed by atoms with Gasteiger partial charge in [0, 0.05) is 13.0 Å². The molecule has 0 aromatic carbocycles. The quantitative estimate of drug-likeness (QED) is 0.716. The van der Waals surface area contributed by atoms with Crippen molar-refractivity contribution < 1.29 is 24.2 Å². The van der Waals surface area contributed by atoms with E-state index in [1.165, 1.54) is 0 Å². The lowest BCUT2D eigenvalue weighted by Crippen LogP contribution is -2.52. The zero-order valence-electron chi connectivity index (χ0n) is 11.5. The summed E-state index contributed by atoms with van der Waals surface area (Å²) in [5, 5.41) is 11.8. The fourth-order valence-corrected chi connectivity index (χ4v) is 2.77. The van der Waals surface area contributed by atoms with Crippen LogP contribution in [0.5, 0.6) is 0 Å². The second kappa shape index (κ2) is 6.21. The minimum Gasteiger partial charge on any atom is -0.481 e. The molecule has 2 fully saturated rings. The third kappa shape index (κ3) is 2.92. The maximum absolute atomic E-state index is 12.5. The van der Waals surface area contributed by atoms with Gasteiger partial charge in [-0.15, -0.1) is 0 Å². The summed E-state index contributed by atoms with van der Waals surface area (Å²) in [6.45, 7) is 2.77. The molecule has 0 bridgehead atoms. The summed E-state index contributed by atoms with van der Waals surface area (Å²) in [7, 11) is 0. The van der Waals surface area contributed by atoms with E-state index in [0.29, 0.717) is 19.4 Å². The van der Waals surface area contributed by atoms with Gasteiger partial charge in [-0.1, -0.05) is 6.92 Å². The number of carboxylic acid groups (broad SMARTS) is 1. The van der Waals surface area contributed by atoms with Crippen LogP contribution in [0.3, 0.4) is 0 Å². The van der Waals surface area contributed by atoms with E-state index in [2.05, 4.69) is 5.32 Å². The number of amides is 2. The van der Waals surface area contributed by atoms with E-state index < -0.39 is 24.0 Å². The monoisotopic (exact) mass is 284 g/mol. The number of rotatable bonds is 5. The molecule has 0 radical (unpaired) electrons. The molecule has 2 aliphatic heterocycles. The predicted molar refractivity (Wildman–Crippen MR) is 68.9 cm³/mol. The molecule has 3 atom stereocenters. The summed E-state index contributed by atoms with van der Waals surface area (Å²) >= 11 is 0. The molecular weight excluding hydrogens is 264 g/mol. The average Bonchev–Trinajstić information content (AvgIpc) is 3.03. The van der Waals surface area contributed by atoms with Crippen LogP contribution < -0.4 is 5.32 Å². The minimum atomic E-state index is -0.947. The van der Waals surface area contributed by atoms with Gasteiger partial charge in [0.25, 0.3) is 0 Å². The van der Waals surface area contributed by atoms with Gasteiger partial charge in [0.1, 0.15) is 12.0 Å². The topological polar surface area (TPSA) is 95.9 Å². The van der Waals surface area contributed by atoms with Crippen molar-refractivity contribution in [3.63, 3.8) is 0 Å². The van der Waals surface area contributed by atoms with Crippen LogP contribution in [0.25, 0.3) is 0 Å². The van der Waals surface area contributed by atoms with Crippen LogP contribution in [0.4, 0.5) is 0 Å². The summed E-state index contributed by atoms with van der Waals surface area (Å²) in [5.41, 5.74) is 0. The fraction of sp³-hybridized carbons (Fsp3) is 0.769. The third-order valence-electron chi connectivity index (χ3n) is 3.81. The van der Waals surface area contributed by atoms with Gasteiger partial charge in [-0.3, -0.25) is 14.4 Å². The third-order valence-corrected chi connectivity index (χ3v) is 3.81. The van der Waals surface area contributed by atoms with Crippen LogP contribution in [0, 0.1) is 5.92 Å². The summed E-state index contributed by atoms with van der Waals surface area (Å²) in [5.74, 6) is -1.96. The molecule has 2 heterocycles. The number of nitrogens with zero attached hydrogens (tertiary/aromatic N) is 1. The van der Waals surface area contributed by atoms with E-state index in [1.54, 1.807) is 4.90 Å². The highest BCUT2D eigenvalue weighted by molar-refractivity contribution is 5.91. The van der Waals surface area contributed by atoms with Crippen LogP contribution in [-0.2, 0) is 19.1 Å². The Balaban J connectivity index is 2.11. The molecule has 112 valence electrons. The van der Waals surface area contributed by atoms with Crippen LogP contribution >= 0.6 is 0 Å². The van der Waals surface area contributed by atoms with Crippen LogP contribution in [-0.4, -0.2) is 59.6 Å². The van der Waals surface area contributed by atoms with Crippen molar-refractivity contribution in [2.24, 2.45) is 5.92 Å². The molecule has 0 aromatic heterocycles. The van der Waals surface area contributed by atoms with Gasteiger partial charge >= 0.3 is 5.97 Å². The molecule has 0 aliphatic carbocycles. The van der Waals surface area contributed by atoms with Gasteiger partial charge in [-0.25, -0.2) is 0 Å². The van der Waals surface area contributed by atoms with Crippen molar-refractivity contribution in [2.75, 3.05) is 19.8 Å². The molecule has 2 amide bonds. The lowest BCUT2D eigenvalue weighted by molar-refractivity contribution is -0.146. The van der Waals surface area contributed by atoms with Gasteiger partial charge in [-0.2, -0.15) is 0 Å². The standard InChI is InChI=1S/C13H20N2O5/c1-2-5-15(10-7-20-6-8(10)13(18)19)12(17)9-3-4-11(16)14-9/h8-10H,2-7H2,1H3,(H,14,16)(H,18,19)/t8?,9-,10?/m0/s1. The molecule has 2 unspecified atom stereocenters. The molecular formula is C13H20N2O5. The zero-order chi connectivity index (χ0) is 14.7. The maximum Gasteiger partial charge on any atom is 0.311 e. The number of carboxylic acids is 1. The number of aliphatic carboxylic acids is 1. The molecule has 7 heteroatoms. The molecule has 2 aliphatic rings. The summed E-state index contributed by atoms with van der Waals surface area (Å²) < 4.78 is 5.23. The SMILES string of the molecule is CCCN(C(=O)[C@@H]1CCC(=O)N1)C1COCC1C(=O)O. The first kappa shape index (κ1) is 14.8. The minimum absolute atomic E-state index is 0.128. The Morgan fingerprint density at radius 3 is 2.75 bits per heavy atom. The van der Waals surface area contributed by atoms with E-state index in [0.717, 1.165) is 6.42 Å². The number of carbonyl (C=O) groups is 3. The van der Waals surface area contributed by atoms with Crippen molar-refractivity contribution in [3.05, 3.63) is 0 Å². The Morgan fingerprint density at radius 2 is 2.20 bits per heavy atom. The molecule has 2 saturated heterocycles. The number of carbonyl (C=O) groups excluding carboxylic acids is 2. The summed E-state index contributed by atoms with van der Waals surface area (Å²) in [6.07, 6.45) is 1.55. The first-order valence-electron chi connectivity index (χ1n) is 6.95. The Labute approximate surface area is 117 Å². The van der Waals surface area contributed by atoms with Gasteiger partial charge in [0.05, 0.1) is 19.3 Å². The molecule has 0 saturated carbocycles. The molecule has 2 N–H and O–H groups in total. The predicted octanol–water partition coefficient (Wildman–Crippen LogP) is -0.397. The highest BCUT2D eigenvalue weighted by Gasteiger charge is 2.42. The first-order chi connectivity index (χ1) is 9.54. The first-order valence-corrected chi connectivity index (χ1v) is 6.95. The Kier molecular flexibility index (Phi) is 4.59. The Hall–Kier alpha value is -1.63.